The van der Waals surface area contributed by atoms with Crippen molar-refractivity contribution in [3.05, 3.63) is 83.8 Å². The molecule has 2 aliphatic rings. The molecule has 1 N–H and O–H groups in total. The van der Waals surface area contributed by atoms with Gasteiger partial charge in [-0.2, -0.15) is 0 Å². The van der Waals surface area contributed by atoms with Gasteiger partial charge in [0.25, 0.3) is 0 Å². The summed E-state index contributed by atoms with van der Waals surface area (Å²) in [6.07, 6.45) is 8.92. The lowest BCUT2D eigenvalue weighted by Gasteiger charge is -2.29. The van der Waals surface area contributed by atoms with Crippen molar-refractivity contribution in [2.75, 3.05) is 32.6 Å². The van der Waals surface area contributed by atoms with Gasteiger partial charge >= 0.3 is 0 Å². The number of carbonyl (C=O) groups is 1. The van der Waals surface area contributed by atoms with Crippen LogP contribution in [0.4, 0.5) is 5.69 Å². The number of hydrogen-bond donors (Lipinski definition) is 1. The minimum atomic E-state index is 0.258. The third-order valence-electron chi connectivity index (χ3n) is 7.30. The van der Waals surface area contributed by atoms with Crippen molar-refractivity contribution in [2.45, 2.75) is 38.0 Å². The van der Waals surface area contributed by atoms with Gasteiger partial charge in [0.2, 0.25) is 6.41 Å². The Hall–Kier alpha value is -3.80. The Morgan fingerprint density at radius 2 is 1.94 bits per heavy atom. The van der Waals surface area contributed by atoms with E-state index >= 15 is 0 Å². The zero-order chi connectivity index (χ0) is 24.9. The first-order valence-electron chi connectivity index (χ1n) is 12.8. The molecule has 1 saturated heterocycles. The molecule has 1 unspecified atom stereocenters. The number of aromatic nitrogens is 2. The summed E-state index contributed by atoms with van der Waals surface area (Å²) < 4.78 is 7.52. The number of nitrogens with zero attached hydrogens (tertiary/aromatic N) is 3. The van der Waals surface area contributed by atoms with E-state index in [1.54, 1.807) is 7.11 Å². The van der Waals surface area contributed by atoms with Gasteiger partial charge in [-0.3, -0.25) is 4.79 Å². The summed E-state index contributed by atoms with van der Waals surface area (Å²) in [6.45, 7) is 1.57. The quantitative estimate of drug-likeness (QED) is 0.378. The molecule has 2 aromatic carbocycles. The van der Waals surface area contributed by atoms with E-state index < -0.39 is 0 Å². The molecule has 0 saturated carbocycles. The molecule has 1 aliphatic heterocycles. The number of likely N-dealkylation sites (tertiary alicyclic amines) is 1. The Labute approximate surface area is 212 Å². The van der Waals surface area contributed by atoms with Crippen molar-refractivity contribution < 1.29 is 9.53 Å². The van der Waals surface area contributed by atoms with Gasteiger partial charge in [-0.05, 0) is 73.6 Å². The molecule has 2 aromatic heterocycles. The van der Waals surface area contributed by atoms with Gasteiger partial charge in [-0.25, -0.2) is 4.98 Å². The highest BCUT2D eigenvalue weighted by Crippen LogP contribution is 2.33. The number of pyridine rings is 1. The topological polar surface area (TPSA) is 58.9 Å². The number of methoxy groups -OCH3 is 1. The number of benzene rings is 2. The molecule has 0 bridgehead atoms. The smallest absolute Gasteiger partial charge is 0.209 e. The highest BCUT2D eigenvalue weighted by molar-refractivity contribution is 5.78. The zero-order valence-corrected chi connectivity index (χ0v) is 21.1. The molecular formula is C30H34N4O2. The number of imidazole rings is 1. The van der Waals surface area contributed by atoms with Crippen molar-refractivity contribution in [1.82, 2.24) is 14.3 Å². The van der Waals surface area contributed by atoms with E-state index in [1.807, 2.05) is 42.3 Å². The number of anilines is 1. The Bertz CT molecular complexity index is 1350. The SMILES string of the molecule is CNc1cccc2c1CCC2.COc1cccc(-c2nc(C3CCCN(C=O)C3)n3ccccc23)c1. The highest BCUT2D eigenvalue weighted by atomic mass is 16.5. The predicted molar refractivity (Wildman–Crippen MR) is 145 cm³/mol. The second kappa shape index (κ2) is 10.9. The lowest BCUT2D eigenvalue weighted by molar-refractivity contribution is -0.119. The van der Waals surface area contributed by atoms with Crippen molar-refractivity contribution >= 4 is 17.6 Å². The molecule has 0 radical (unpaired) electrons. The van der Waals surface area contributed by atoms with E-state index in [1.165, 1.54) is 36.1 Å². The normalized spacial score (nSPS) is 16.7. The molecule has 6 nitrogen and oxygen atoms in total. The van der Waals surface area contributed by atoms with E-state index in [4.69, 9.17) is 9.72 Å². The average Bonchev–Trinajstić information content (AvgIpc) is 3.59. The summed E-state index contributed by atoms with van der Waals surface area (Å²) in [6, 6.07) is 20.7. The maximum atomic E-state index is 11.2. The lowest BCUT2D eigenvalue weighted by Crippen LogP contribution is -2.33. The van der Waals surface area contributed by atoms with Crippen LogP contribution in [0.25, 0.3) is 16.8 Å². The van der Waals surface area contributed by atoms with Gasteiger partial charge in [0.15, 0.2) is 0 Å². The van der Waals surface area contributed by atoms with Crippen LogP contribution >= 0.6 is 0 Å². The number of aryl methyl sites for hydroxylation is 1. The highest BCUT2D eigenvalue weighted by Gasteiger charge is 2.25. The van der Waals surface area contributed by atoms with Gasteiger partial charge in [0, 0.05) is 43.5 Å². The van der Waals surface area contributed by atoms with Crippen molar-refractivity contribution in [3.63, 3.8) is 0 Å². The molecule has 1 aliphatic carbocycles. The van der Waals surface area contributed by atoms with Crippen molar-refractivity contribution in [3.8, 4) is 17.0 Å². The summed E-state index contributed by atoms with van der Waals surface area (Å²) in [7, 11) is 3.67. The van der Waals surface area contributed by atoms with Gasteiger partial charge in [-0.1, -0.05) is 30.3 Å². The van der Waals surface area contributed by atoms with Gasteiger partial charge < -0.3 is 19.4 Å². The molecule has 4 aromatic rings. The number of amides is 1. The van der Waals surface area contributed by atoms with Crippen molar-refractivity contribution in [2.24, 2.45) is 0 Å². The first-order chi connectivity index (χ1) is 17.7. The van der Waals surface area contributed by atoms with Crippen LogP contribution in [0.3, 0.4) is 0 Å². The van der Waals surface area contributed by atoms with Gasteiger partial charge in [0.05, 0.1) is 18.3 Å². The summed E-state index contributed by atoms with van der Waals surface area (Å²) in [5.74, 6) is 2.11. The standard InChI is InChI=1S/C20H21N3O2.C10H13N/c1-25-17-8-4-6-15(12-17)19-18-9-2-3-11-23(18)20(21-19)16-7-5-10-22(13-16)14-24;1-11-10-7-3-5-8-4-2-6-9(8)10/h2-4,6,8-9,11-12,14,16H,5,7,10,13H2,1H3;3,5,7,11H,2,4,6H2,1H3. The molecule has 36 heavy (non-hydrogen) atoms. The molecule has 6 heteroatoms. The number of fused-ring (bicyclic) bond motifs is 2. The Morgan fingerprint density at radius 3 is 2.78 bits per heavy atom. The summed E-state index contributed by atoms with van der Waals surface area (Å²) in [5.41, 5.74) is 7.47. The molecule has 186 valence electrons. The predicted octanol–water partition coefficient (Wildman–Crippen LogP) is 5.56. The third-order valence-corrected chi connectivity index (χ3v) is 7.30. The Balaban J connectivity index is 0.000000202. The van der Waals surface area contributed by atoms with E-state index in [-0.39, 0.29) is 5.92 Å². The molecule has 6 rings (SSSR count). The molecule has 1 amide bonds. The maximum absolute atomic E-state index is 11.2. The maximum Gasteiger partial charge on any atom is 0.209 e. The zero-order valence-electron chi connectivity index (χ0n) is 21.1. The Kier molecular flexibility index (Phi) is 7.21. The Morgan fingerprint density at radius 1 is 1.06 bits per heavy atom. The lowest BCUT2D eigenvalue weighted by atomic mass is 9.97. The minimum absolute atomic E-state index is 0.258. The fourth-order valence-electron chi connectivity index (χ4n) is 5.50. The molecule has 3 heterocycles. The molecule has 1 fully saturated rings. The van der Waals surface area contributed by atoms with Crippen LogP contribution in [0, 0.1) is 0 Å². The third kappa shape index (κ3) is 4.81. The van der Waals surface area contributed by atoms with Crippen LogP contribution in [-0.2, 0) is 17.6 Å². The van der Waals surface area contributed by atoms with E-state index in [0.29, 0.717) is 0 Å². The van der Waals surface area contributed by atoms with Gasteiger partial charge in [-0.15, -0.1) is 0 Å². The van der Waals surface area contributed by atoms with E-state index in [0.717, 1.165) is 60.7 Å². The van der Waals surface area contributed by atoms with Crippen LogP contribution < -0.4 is 10.1 Å². The minimum Gasteiger partial charge on any atom is -0.497 e. The fourth-order valence-corrected chi connectivity index (χ4v) is 5.50. The molecular weight excluding hydrogens is 448 g/mol. The number of piperidine rings is 1. The van der Waals surface area contributed by atoms with Crippen LogP contribution in [0.1, 0.15) is 42.1 Å². The second-order valence-electron chi connectivity index (χ2n) is 9.49. The number of ether oxygens (including phenoxy) is 1. The van der Waals surface area contributed by atoms with E-state index in [9.17, 15) is 4.79 Å². The van der Waals surface area contributed by atoms with Gasteiger partial charge in [0.1, 0.15) is 11.6 Å². The van der Waals surface area contributed by atoms with Crippen LogP contribution in [0.2, 0.25) is 0 Å². The first-order valence-corrected chi connectivity index (χ1v) is 12.8. The largest absolute Gasteiger partial charge is 0.497 e. The van der Waals surface area contributed by atoms with Crippen LogP contribution in [-0.4, -0.2) is 47.9 Å². The monoisotopic (exact) mass is 482 g/mol. The summed E-state index contributed by atoms with van der Waals surface area (Å²) in [4.78, 5) is 18.0. The number of nitrogens with one attached hydrogen (secondary N) is 1. The fraction of sp³-hybridized carbons (Fsp3) is 0.333. The number of rotatable bonds is 5. The first kappa shape index (κ1) is 23.9. The second-order valence-corrected chi connectivity index (χ2v) is 9.49. The van der Waals surface area contributed by atoms with Crippen LogP contribution in [0.5, 0.6) is 5.75 Å². The van der Waals surface area contributed by atoms with Crippen molar-refractivity contribution in [1.29, 1.82) is 0 Å². The molecule has 0 spiro atoms. The average molecular weight is 483 g/mol. The van der Waals surface area contributed by atoms with E-state index in [2.05, 4.69) is 46.2 Å². The number of carbonyl (C=O) groups excluding carboxylic acids is 1. The van der Waals surface area contributed by atoms with Crippen LogP contribution in [0.15, 0.2) is 66.9 Å². The summed E-state index contributed by atoms with van der Waals surface area (Å²) in [5, 5.41) is 3.23. The summed E-state index contributed by atoms with van der Waals surface area (Å²) >= 11 is 0. The molecule has 1 atom stereocenters. The number of hydrogen-bond acceptors (Lipinski definition) is 4.